The Morgan fingerprint density at radius 2 is 1.50 bits per heavy atom. The summed E-state index contributed by atoms with van der Waals surface area (Å²) in [5.41, 5.74) is 6.63. The Balaban J connectivity index is 1.61. The molecule has 0 saturated carbocycles. The number of aryl methyl sites for hydroxylation is 1. The molecule has 3 N–H and O–H groups in total. The average molecular weight is 371 g/mol. The second kappa shape index (κ2) is 10.2. The van der Waals surface area contributed by atoms with Crippen molar-refractivity contribution in [3.05, 3.63) is 65.7 Å². The van der Waals surface area contributed by atoms with E-state index in [0.717, 1.165) is 16.0 Å². The van der Waals surface area contributed by atoms with Gasteiger partial charge in [0.2, 0.25) is 11.8 Å². The second-order valence-corrected chi connectivity index (χ2v) is 6.69. The summed E-state index contributed by atoms with van der Waals surface area (Å²) in [6.45, 7) is 1.80. The maximum absolute atomic E-state index is 11.8. The molecule has 0 aliphatic rings. The van der Waals surface area contributed by atoms with Crippen LogP contribution in [-0.2, 0) is 20.8 Å². The highest BCUT2D eigenvalue weighted by Crippen LogP contribution is 2.17. The van der Waals surface area contributed by atoms with Crippen molar-refractivity contribution in [2.24, 2.45) is 0 Å². The lowest BCUT2D eigenvalue weighted by Crippen LogP contribution is -2.47. The maximum Gasteiger partial charge on any atom is 0.257 e. The largest absolute Gasteiger partial charge is 0.347 e. The van der Waals surface area contributed by atoms with E-state index < -0.39 is 5.91 Å². The molecule has 2 aromatic rings. The van der Waals surface area contributed by atoms with E-state index in [4.69, 9.17) is 0 Å². The first kappa shape index (κ1) is 19.5. The molecule has 0 saturated heterocycles. The molecule has 2 rings (SSSR count). The third kappa shape index (κ3) is 7.40. The zero-order chi connectivity index (χ0) is 18.8. The van der Waals surface area contributed by atoms with Crippen molar-refractivity contribution in [2.75, 3.05) is 12.3 Å². The third-order valence-electron chi connectivity index (χ3n) is 3.39. The number of rotatable bonds is 7. The van der Waals surface area contributed by atoms with Gasteiger partial charge in [-0.1, -0.05) is 48.0 Å². The van der Waals surface area contributed by atoms with Gasteiger partial charge in [0.05, 0.1) is 18.7 Å². The molecule has 0 unspecified atom stereocenters. The van der Waals surface area contributed by atoms with Gasteiger partial charge >= 0.3 is 0 Å². The summed E-state index contributed by atoms with van der Waals surface area (Å²) in [5.74, 6) is -0.879. The van der Waals surface area contributed by atoms with Crippen LogP contribution in [0.25, 0.3) is 0 Å². The van der Waals surface area contributed by atoms with Crippen LogP contribution in [0.4, 0.5) is 0 Å². The number of benzene rings is 2. The minimum absolute atomic E-state index is 0.184. The van der Waals surface area contributed by atoms with Gasteiger partial charge in [0, 0.05) is 4.90 Å². The Hall–Kier alpha value is -2.80. The fourth-order valence-electron chi connectivity index (χ4n) is 2.03. The van der Waals surface area contributed by atoms with Gasteiger partial charge in [-0.25, -0.2) is 0 Å². The molecule has 0 spiro atoms. The summed E-state index contributed by atoms with van der Waals surface area (Å²) in [4.78, 5) is 36.1. The molecule has 0 fully saturated rings. The molecule has 2 aromatic carbocycles. The van der Waals surface area contributed by atoms with Gasteiger partial charge in [0.1, 0.15) is 0 Å². The van der Waals surface area contributed by atoms with Gasteiger partial charge in [-0.05, 0) is 24.6 Å². The Morgan fingerprint density at radius 3 is 2.19 bits per heavy atom. The zero-order valence-corrected chi connectivity index (χ0v) is 15.3. The normalized spacial score (nSPS) is 10.0. The number of thioether (sulfide) groups is 1. The van der Waals surface area contributed by atoms with Crippen LogP contribution in [0.2, 0.25) is 0 Å². The topological polar surface area (TPSA) is 87.3 Å². The molecular formula is C19H21N3O3S. The van der Waals surface area contributed by atoms with Crippen LogP contribution in [0.3, 0.4) is 0 Å². The van der Waals surface area contributed by atoms with E-state index >= 15 is 0 Å². The number of hydrogen-bond donors (Lipinski definition) is 3. The minimum Gasteiger partial charge on any atom is -0.347 e. The fourth-order valence-corrected chi connectivity index (χ4v) is 2.72. The SMILES string of the molecule is Cc1ccc(SCC(=O)NNC(=O)CNC(=O)Cc2ccccc2)cc1. The summed E-state index contributed by atoms with van der Waals surface area (Å²) in [5, 5.41) is 2.51. The predicted molar refractivity (Wildman–Crippen MR) is 101 cm³/mol. The standard InChI is InChI=1S/C19H21N3O3S/c1-14-7-9-16(10-8-14)26-13-19(25)22-21-18(24)12-20-17(23)11-15-5-3-2-4-6-15/h2-10H,11-13H2,1H3,(H,20,23)(H,21,24)(H,22,25). The van der Waals surface area contributed by atoms with Crippen molar-refractivity contribution in [3.8, 4) is 0 Å². The summed E-state index contributed by atoms with van der Waals surface area (Å²) in [6, 6.07) is 17.1. The van der Waals surface area contributed by atoms with E-state index in [-0.39, 0.29) is 30.5 Å². The molecule has 0 aromatic heterocycles. The Bertz CT molecular complexity index is 748. The lowest BCUT2D eigenvalue weighted by atomic mass is 10.1. The molecule has 0 atom stereocenters. The van der Waals surface area contributed by atoms with Crippen molar-refractivity contribution >= 4 is 29.5 Å². The molecular weight excluding hydrogens is 350 g/mol. The fraction of sp³-hybridized carbons (Fsp3) is 0.211. The monoisotopic (exact) mass is 371 g/mol. The number of hydrazine groups is 1. The van der Waals surface area contributed by atoms with Crippen molar-refractivity contribution in [1.29, 1.82) is 0 Å². The molecule has 3 amide bonds. The summed E-state index contributed by atoms with van der Waals surface area (Å²) >= 11 is 1.38. The summed E-state index contributed by atoms with van der Waals surface area (Å²) in [7, 11) is 0. The second-order valence-electron chi connectivity index (χ2n) is 5.64. The van der Waals surface area contributed by atoms with E-state index in [9.17, 15) is 14.4 Å². The predicted octanol–water partition coefficient (Wildman–Crippen LogP) is 1.59. The number of nitrogens with one attached hydrogen (secondary N) is 3. The quantitative estimate of drug-likeness (QED) is 0.510. The number of carbonyl (C=O) groups is 3. The lowest BCUT2D eigenvalue weighted by molar-refractivity contribution is -0.128. The van der Waals surface area contributed by atoms with Crippen LogP contribution in [0.5, 0.6) is 0 Å². The maximum atomic E-state index is 11.8. The number of hydrogen-bond acceptors (Lipinski definition) is 4. The molecule has 0 aliphatic heterocycles. The van der Waals surface area contributed by atoms with Gasteiger partial charge in [-0.2, -0.15) is 0 Å². The van der Waals surface area contributed by atoms with Crippen molar-refractivity contribution in [3.63, 3.8) is 0 Å². The highest BCUT2D eigenvalue weighted by molar-refractivity contribution is 8.00. The van der Waals surface area contributed by atoms with Gasteiger partial charge < -0.3 is 5.32 Å². The molecule has 0 bridgehead atoms. The van der Waals surface area contributed by atoms with E-state index in [0.29, 0.717) is 0 Å². The first-order chi connectivity index (χ1) is 12.5. The Morgan fingerprint density at radius 1 is 0.846 bits per heavy atom. The van der Waals surface area contributed by atoms with E-state index in [1.54, 1.807) is 0 Å². The smallest absolute Gasteiger partial charge is 0.257 e. The van der Waals surface area contributed by atoms with Crippen molar-refractivity contribution < 1.29 is 14.4 Å². The van der Waals surface area contributed by atoms with Gasteiger partial charge in [0.15, 0.2) is 0 Å². The Labute approximate surface area is 156 Å². The molecule has 0 aliphatic carbocycles. The van der Waals surface area contributed by atoms with Gasteiger partial charge in [-0.3, -0.25) is 25.2 Å². The molecule has 136 valence electrons. The van der Waals surface area contributed by atoms with Crippen LogP contribution in [-0.4, -0.2) is 30.0 Å². The highest BCUT2D eigenvalue weighted by atomic mass is 32.2. The van der Waals surface area contributed by atoms with Gasteiger partial charge in [0.25, 0.3) is 5.91 Å². The van der Waals surface area contributed by atoms with E-state index in [1.165, 1.54) is 11.8 Å². The lowest BCUT2D eigenvalue weighted by Gasteiger charge is -2.08. The minimum atomic E-state index is -0.486. The van der Waals surface area contributed by atoms with Crippen molar-refractivity contribution in [1.82, 2.24) is 16.2 Å². The number of carbonyl (C=O) groups excluding carboxylic acids is 3. The van der Waals surface area contributed by atoms with Crippen molar-refractivity contribution in [2.45, 2.75) is 18.2 Å². The van der Waals surface area contributed by atoms with Gasteiger partial charge in [-0.15, -0.1) is 11.8 Å². The molecule has 0 radical (unpaired) electrons. The van der Waals surface area contributed by atoms with E-state index in [2.05, 4.69) is 16.2 Å². The number of amides is 3. The summed E-state index contributed by atoms with van der Waals surface area (Å²) < 4.78 is 0. The molecule has 26 heavy (non-hydrogen) atoms. The van der Waals surface area contributed by atoms with Crippen LogP contribution in [0, 0.1) is 6.92 Å². The highest BCUT2D eigenvalue weighted by Gasteiger charge is 2.08. The zero-order valence-electron chi connectivity index (χ0n) is 14.5. The van der Waals surface area contributed by atoms with Crippen LogP contribution in [0.15, 0.2) is 59.5 Å². The van der Waals surface area contributed by atoms with Crippen LogP contribution >= 0.6 is 11.8 Å². The first-order valence-electron chi connectivity index (χ1n) is 8.10. The summed E-state index contributed by atoms with van der Waals surface area (Å²) in [6.07, 6.45) is 0.202. The first-order valence-corrected chi connectivity index (χ1v) is 9.09. The van der Waals surface area contributed by atoms with Crippen LogP contribution < -0.4 is 16.2 Å². The molecule has 0 heterocycles. The van der Waals surface area contributed by atoms with Crippen LogP contribution in [0.1, 0.15) is 11.1 Å². The average Bonchev–Trinajstić information content (AvgIpc) is 2.65. The molecule has 6 nitrogen and oxygen atoms in total. The third-order valence-corrected chi connectivity index (χ3v) is 4.40. The molecule has 7 heteroatoms. The van der Waals surface area contributed by atoms with E-state index in [1.807, 2.05) is 61.5 Å². The Kier molecular flexibility index (Phi) is 7.70.